The Morgan fingerprint density at radius 2 is 1.86 bits per heavy atom. The summed E-state index contributed by atoms with van der Waals surface area (Å²) < 4.78 is 26.5. The minimum absolute atomic E-state index is 0.0530. The van der Waals surface area contributed by atoms with Crippen molar-refractivity contribution in [3.05, 3.63) is 76.2 Å². The molecule has 3 aliphatic heterocycles. The van der Waals surface area contributed by atoms with Gasteiger partial charge >= 0.3 is 6.09 Å². The van der Waals surface area contributed by atoms with Crippen LogP contribution in [0.4, 0.5) is 9.18 Å². The number of thiophene rings is 1. The molecule has 1 amide bonds. The number of alkyl carbamates (subject to hydrolysis) is 1. The number of nitrogens with zero attached hydrogens (tertiary/aromatic N) is 1. The minimum Gasteiger partial charge on any atom is -0.497 e. The highest BCUT2D eigenvalue weighted by Gasteiger charge is 2.47. The number of carbonyl (C=O) groups excluding carboxylic acids is 1. The topological polar surface area (TPSA) is 47.6 Å². The summed E-state index contributed by atoms with van der Waals surface area (Å²) in [5.41, 5.74) is 2.68. The Morgan fingerprint density at radius 1 is 1.09 bits per heavy atom. The second-order valence-corrected chi connectivity index (χ2v) is 10.7. The monoisotopic (exact) mass is 495 g/mol. The third-order valence-electron chi connectivity index (χ3n) is 7.64. The van der Waals surface area contributed by atoms with Crippen molar-refractivity contribution in [1.82, 2.24) is 5.32 Å². The van der Waals surface area contributed by atoms with Crippen molar-refractivity contribution in [1.29, 1.82) is 0 Å². The van der Waals surface area contributed by atoms with Gasteiger partial charge < -0.3 is 19.3 Å². The first-order valence-electron chi connectivity index (χ1n) is 12.3. The van der Waals surface area contributed by atoms with E-state index in [1.165, 1.54) is 23.0 Å². The van der Waals surface area contributed by atoms with E-state index < -0.39 is 0 Å². The van der Waals surface area contributed by atoms with Crippen molar-refractivity contribution in [2.75, 3.05) is 33.3 Å². The van der Waals surface area contributed by atoms with Crippen molar-refractivity contribution in [2.24, 2.45) is 5.92 Å². The van der Waals surface area contributed by atoms with Gasteiger partial charge in [-0.3, -0.25) is 0 Å². The Hall–Kier alpha value is -2.90. The molecule has 3 fully saturated rings. The lowest BCUT2D eigenvalue weighted by Crippen LogP contribution is -2.65. The van der Waals surface area contributed by atoms with Crippen LogP contribution in [0.25, 0.3) is 11.1 Å². The van der Waals surface area contributed by atoms with E-state index in [9.17, 15) is 9.18 Å². The molecule has 0 saturated carbocycles. The average molecular weight is 496 g/mol. The van der Waals surface area contributed by atoms with Gasteiger partial charge in [-0.05, 0) is 35.2 Å². The molecule has 0 radical (unpaired) electrons. The summed E-state index contributed by atoms with van der Waals surface area (Å²) in [6, 6.07) is 16.9. The number of quaternary nitrogens is 1. The lowest BCUT2D eigenvalue weighted by molar-refractivity contribution is -0.945. The number of ether oxygens (including phenoxy) is 2. The van der Waals surface area contributed by atoms with E-state index in [1.807, 2.05) is 29.6 Å². The van der Waals surface area contributed by atoms with E-state index in [4.69, 9.17) is 9.47 Å². The number of benzene rings is 2. The highest BCUT2D eigenvalue weighted by Crippen LogP contribution is 2.36. The van der Waals surface area contributed by atoms with Crippen molar-refractivity contribution in [2.45, 2.75) is 31.9 Å². The molecule has 184 valence electrons. The lowest BCUT2D eigenvalue weighted by atomic mass is 9.83. The Kier molecular flexibility index (Phi) is 7.07. The van der Waals surface area contributed by atoms with Crippen molar-refractivity contribution in [3.63, 3.8) is 0 Å². The molecule has 1 unspecified atom stereocenters. The number of fused-ring (bicyclic) bond motifs is 3. The summed E-state index contributed by atoms with van der Waals surface area (Å²) in [5.74, 6) is 1.06. The Labute approximate surface area is 210 Å². The first-order valence-corrected chi connectivity index (χ1v) is 13.2. The smallest absolute Gasteiger partial charge is 0.407 e. The van der Waals surface area contributed by atoms with E-state index in [1.54, 1.807) is 19.2 Å². The Bertz CT molecular complexity index is 1160. The number of rotatable bonds is 8. The Morgan fingerprint density at radius 3 is 2.60 bits per heavy atom. The summed E-state index contributed by atoms with van der Waals surface area (Å²) >= 11 is 1.51. The van der Waals surface area contributed by atoms with Gasteiger partial charge in [-0.2, -0.15) is 0 Å². The number of halogens is 1. The van der Waals surface area contributed by atoms with E-state index in [2.05, 4.69) is 17.4 Å². The van der Waals surface area contributed by atoms with Crippen LogP contribution in [0.3, 0.4) is 0 Å². The van der Waals surface area contributed by atoms with Gasteiger partial charge in [-0.25, -0.2) is 9.18 Å². The predicted octanol–water partition coefficient (Wildman–Crippen LogP) is 5.64. The number of hydrogen-bond acceptors (Lipinski definition) is 4. The first kappa shape index (κ1) is 23.8. The van der Waals surface area contributed by atoms with Crippen molar-refractivity contribution in [3.8, 4) is 16.9 Å². The van der Waals surface area contributed by atoms with Gasteiger partial charge in [0.25, 0.3) is 0 Å². The van der Waals surface area contributed by atoms with Crippen LogP contribution in [0, 0.1) is 11.7 Å². The molecule has 3 aliphatic rings. The van der Waals surface area contributed by atoms with E-state index in [-0.39, 0.29) is 18.0 Å². The second-order valence-electron chi connectivity index (χ2n) is 9.67. The van der Waals surface area contributed by atoms with E-state index in [0.29, 0.717) is 18.0 Å². The van der Waals surface area contributed by atoms with Crippen LogP contribution in [0.1, 0.15) is 23.3 Å². The molecular formula is C28H32FN2O3S+. The molecule has 4 heterocycles. The lowest BCUT2D eigenvalue weighted by Gasteiger charge is -2.52. The molecule has 7 heteroatoms. The van der Waals surface area contributed by atoms with E-state index in [0.717, 1.165) is 66.1 Å². The molecule has 35 heavy (non-hydrogen) atoms. The molecule has 6 rings (SSSR count). The van der Waals surface area contributed by atoms with Crippen molar-refractivity contribution < 1.29 is 23.1 Å². The highest BCUT2D eigenvalue weighted by molar-refractivity contribution is 7.10. The third-order valence-corrected chi connectivity index (χ3v) is 8.56. The largest absolute Gasteiger partial charge is 0.497 e. The van der Waals surface area contributed by atoms with E-state index >= 15 is 0 Å². The minimum atomic E-state index is -0.384. The average Bonchev–Trinajstić information content (AvgIpc) is 3.36. The fourth-order valence-electron chi connectivity index (χ4n) is 5.56. The first-order chi connectivity index (χ1) is 17.0. The quantitative estimate of drug-likeness (QED) is 0.412. The van der Waals surface area contributed by atoms with Crippen LogP contribution in [-0.4, -0.2) is 50.0 Å². The van der Waals surface area contributed by atoms with Gasteiger partial charge in [-0.15, -0.1) is 11.3 Å². The Balaban J connectivity index is 1.16. The summed E-state index contributed by atoms with van der Waals surface area (Å²) in [4.78, 5) is 13.6. The van der Waals surface area contributed by atoms with Crippen LogP contribution in [0.5, 0.6) is 5.75 Å². The maximum absolute atomic E-state index is 14.3. The summed E-state index contributed by atoms with van der Waals surface area (Å²) in [7, 11) is 1.68. The normalized spacial score (nSPS) is 23.1. The van der Waals surface area contributed by atoms with Crippen molar-refractivity contribution >= 4 is 17.4 Å². The summed E-state index contributed by atoms with van der Waals surface area (Å²) in [5, 5.41) is 4.84. The summed E-state index contributed by atoms with van der Waals surface area (Å²) in [6.45, 7) is 4.58. The molecule has 1 N–H and O–H groups in total. The zero-order chi connectivity index (χ0) is 24.3. The van der Waals surface area contributed by atoms with Gasteiger partial charge in [0.1, 0.15) is 18.1 Å². The molecule has 3 saturated heterocycles. The number of piperidine rings is 3. The standard InChI is InChI=1S/C28H31FN2O3S/c1-33-22-8-6-20(7-9-22)10-14-31-15-11-21(12-16-31)26(19-31)34-28(32)30-18-27-24(13-17-35-27)23-4-2-3-5-25(23)29/h2-9,13,17,21,26H,10-12,14-16,18-19H2,1H3/p+1. The van der Waals surface area contributed by atoms with Crippen LogP contribution < -0.4 is 10.1 Å². The highest BCUT2D eigenvalue weighted by atomic mass is 32.1. The molecule has 0 aliphatic carbocycles. The summed E-state index contributed by atoms with van der Waals surface area (Å²) in [6.07, 6.45) is 2.77. The molecule has 1 atom stereocenters. The molecule has 1 aromatic heterocycles. The van der Waals surface area contributed by atoms with Gasteiger partial charge in [0.15, 0.2) is 6.10 Å². The number of methoxy groups -OCH3 is 1. The van der Waals surface area contributed by atoms with Crippen LogP contribution in [0.2, 0.25) is 0 Å². The predicted molar refractivity (Wildman–Crippen MR) is 136 cm³/mol. The third kappa shape index (κ3) is 5.36. The molecule has 0 spiro atoms. The number of nitrogens with one attached hydrogen (secondary N) is 1. The number of hydrogen-bond donors (Lipinski definition) is 1. The molecular weight excluding hydrogens is 463 g/mol. The second kappa shape index (κ2) is 10.4. The maximum Gasteiger partial charge on any atom is 0.407 e. The molecule has 5 nitrogen and oxygen atoms in total. The number of carbonyl (C=O) groups is 1. The number of amides is 1. The molecule has 3 aromatic rings. The van der Waals surface area contributed by atoms with Gasteiger partial charge in [0.2, 0.25) is 0 Å². The maximum atomic E-state index is 14.3. The fraction of sp³-hybridized carbons (Fsp3) is 0.393. The van der Waals surface area contributed by atoms with Gasteiger partial charge in [0.05, 0.1) is 33.3 Å². The van der Waals surface area contributed by atoms with Gasteiger partial charge in [0, 0.05) is 41.2 Å². The molecule has 2 aromatic carbocycles. The zero-order valence-electron chi connectivity index (χ0n) is 20.0. The van der Waals surface area contributed by atoms with Gasteiger partial charge in [-0.1, -0.05) is 30.3 Å². The SMILES string of the molecule is COc1ccc(CC[N+]23CCC(CC2)C(OC(=O)NCc2sccc2-c2ccccc2F)C3)cc1. The van der Waals surface area contributed by atoms with Crippen LogP contribution >= 0.6 is 11.3 Å². The zero-order valence-corrected chi connectivity index (χ0v) is 20.9. The fourth-order valence-corrected chi connectivity index (χ4v) is 6.39. The van der Waals surface area contributed by atoms with Crippen LogP contribution in [0.15, 0.2) is 60.0 Å². The van der Waals surface area contributed by atoms with Crippen LogP contribution in [-0.2, 0) is 17.7 Å². The molecule has 2 bridgehead atoms.